The third kappa shape index (κ3) is 14.4. The monoisotopic (exact) mass is 494 g/mol. The molecule has 1 saturated heterocycles. The average molecular weight is 495 g/mol. The molecule has 0 aromatic rings. The second kappa shape index (κ2) is 16.7. The predicted molar refractivity (Wildman–Crippen MR) is 119 cm³/mol. The molecule has 2 atom stereocenters. The van der Waals surface area contributed by atoms with Gasteiger partial charge >= 0.3 is 17.9 Å². The minimum absolute atomic E-state index is 0.0740. The van der Waals surface area contributed by atoms with Crippen molar-refractivity contribution in [3.8, 4) is 0 Å². The van der Waals surface area contributed by atoms with Gasteiger partial charge in [0.15, 0.2) is 0 Å². The molecule has 1 rings (SSSR count). The van der Waals surface area contributed by atoms with Crippen LogP contribution in [-0.4, -0.2) is 179 Å². The van der Waals surface area contributed by atoms with Crippen molar-refractivity contribution in [3.63, 3.8) is 0 Å². The zero-order valence-electron chi connectivity index (χ0n) is 19.4. The standard InChI is InChI=1S/C20H38N4O10/c25-13-17(27)15-34-14-16(26)9-21-1-3-22(10-18(28)29)5-7-24(12-20(32)33)8-6-23(4-2-21)11-19(30)31/h16-17,25-27H,1-15H2,(H,28,29)(H,30,31)(H,32,33). The van der Waals surface area contributed by atoms with Crippen LogP contribution in [0.1, 0.15) is 0 Å². The summed E-state index contributed by atoms with van der Waals surface area (Å²) in [5.41, 5.74) is 0. The lowest BCUT2D eigenvalue weighted by atomic mass is 10.3. The van der Waals surface area contributed by atoms with E-state index < -0.39 is 36.7 Å². The fourth-order valence-corrected chi connectivity index (χ4v) is 3.55. The Hall–Kier alpha value is -1.91. The molecule has 198 valence electrons. The SMILES string of the molecule is O=C(O)CN1CCN(CC(=O)O)CCN(CC(O)COCC(O)CO)CCN(CC(=O)O)CC1. The molecule has 1 aliphatic heterocycles. The second-order valence-electron chi connectivity index (χ2n) is 8.34. The van der Waals surface area contributed by atoms with Crippen molar-refractivity contribution in [1.29, 1.82) is 0 Å². The lowest BCUT2D eigenvalue weighted by Crippen LogP contribution is -2.49. The van der Waals surface area contributed by atoms with E-state index in [1.165, 1.54) is 0 Å². The van der Waals surface area contributed by atoms with Crippen LogP contribution in [0.5, 0.6) is 0 Å². The Balaban J connectivity index is 2.85. The first-order chi connectivity index (χ1) is 16.1. The van der Waals surface area contributed by atoms with Gasteiger partial charge in [0, 0.05) is 58.9 Å². The van der Waals surface area contributed by atoms with E-state index >= 15 is 0 Å². The van der Waals surface area contributed by atoms with Crippen molar-refractivity contribution < 1.29 is 49.8 Å². The first-order valence-electron chi connectivity index (χ1n) is 11.2. The molecule has 0 amide bonds. The van der Waals surface area contributed by atoms with Crippen LogP contribution < -0.4 is 0 Å². The fourth-order valence-electron chi connectivity index (χ4n) is 3.55. The highest BCUT2D eigenvalue weighted by atomic mass is 16.5. The molecular weight excluding hydrogens is 456 g/mol. The number of nitrogens with zero attached hydrogens (tertiary/aromatic N) is 4. The van der Waals surface area contributed by atoms with E-state index in [2.05, 4.69) is 0 Å². The van der Waals surface area contributed by atoms with E-state index in [4.69, 9.17) is 9.84 Å². The van der Waals surface area contributed by atoms with Gasteiger partial charge < -0.3 is 35.4 Å². The van der Waals surface area contributed by atoms with Gasteiger partial charge in [-0.05, 0) is 0 Å². The smallest absolute Gasteiger partial charge is 0.317 e. The van der Waals surface area contributed by atoms with Crippen molar-refractivity contribution in [2.45, 2.75) is 12.2 Å². The Kier molecular flexibility index (Phi) is 14.8. The molecule has 0 saturated carbocycles. The van der Waals surface area contributed by atoms with Crippen molar-refractivity contribution >= 4 is 17.9 Å². The third-order valence-electron chi connectivity index (χ3n) is 5.31. The van der Waals surface area contributed by atoms with Crippen LogP contribution in [0.15, 0.2) is 0 Å². The quantitative estimate of drug-likeness (QED) is 0.146. The molecule has 0 aromatic heterocycles. The molecule has 14 nitrogen and oxygen atoms in total. The summed E-state index contributed by atoms with van der Waals surface area (Å²) < 4.78 is 5.20. The normalized spacial score (nSPS) is 20.2. The Labute approximate surface area is 198 Å². The highest BCUT2D eigenvalue weighted by molar-refractivity contribution is 5.69. The van der Waals surface area contributed by atoms with Crippen LogP contribution in [0.4, 0.5) is 0 Å². The molecule has 0 bridgehead atoms. The molecule has 0 aliphatic carbocycles. The summed E-state index contributed by atoms with van der Waals surface area (Å²) in [5.74, 6) is -3.03. The maximum atomic E-state index is 11.3. The van der Waals surface area contributed by atoms with Crippen molar-refractivity contribution in [2.75, 3.05) is 98.4 Å². The van der Waals surface area contributed by atoms with Gasteiger partial charge in [0.2, 0.25) is 0 Å². The molecule has 6 N–H and O–H groups in total. The number of carbonyl (C=O) groups is 3. The van der Waals surface area contributed by atoms with Gasteiger partial charge in [0.05, 0.1) is 45.6 Å². The van der Waals surface area contributed by atoms with Crippen molar-refractivity contribution in [1.82, 2.24) is 19.6 Å². The van der Waals surface area contributed by atoms with Gasteiger partial charge in [0.1, 0.15) is 6.10 Å². The largest absolute Gasteiger partial charge is 0.480 e. The minimum Gasteiger partial charge on any atom is -0.480 e. The maximum absolute atomic E-state index is 11.3. The summed E-state index contributed by atoms with van der Waals surface area (Å²) >= 11 is 0. The number of carboxylic acids is 3. The van der Waals surface area contributed by atoms with Crippen LogP contribution >= 0.6 is 0 Å². The number of rotatable bonds is 13. The van der Waals surface area contributed by atoms with Crippen LogP contribution in [0.2, 0.25) is 0 Å². The molecule has 0 spiro atoms. The van der Waals surface area contributed by atoms with E-state index in [0.29, 0.717) is 52.4 Å². The first-order valence-corrected chi connectivity index (χ1v) is 11.2. The zero-order chi connectivity index (χ0) is 25.5. The number of aliphatic hydroxyl groups excluding tert-OH is 3. The first kappa shape index (κ1) is 30.1. The van der Waals surface area contributed by atoms with Crippen LogP contribution in [-0.2, 0) is 19.1 Å². The molecule has 1 aliphatic rings. The highest BCUT2D eigenvalue weighted by Gasteiger charge is 2.21. The van der Waals surface area contributed by atoms with Crippen LogP contribution in [0.3, 0.4) is 0 Å². The van der Waals surface area contributed by atoms with Gasteiger partial charge in [-0.1, -0.05) is 0 Å². The molecule has 0 aromatic carbocycles. The number of β-amino-alcohol motifs (C(OH)–C–C–N with tert-alkyl or cyclic N) is 1. The van der Waals surface area contributed by atoms with E-state index in [1.54, 1.807) is 14.7 Å². The zero-order valence-corrected chi connectivity index (χ0v) is 19.4. The number of aliphatic hydroxyl groups is 3. The van der Waals surface area contributed by atoms with Crippen LogP contribution in [0, 0.1) is 0 Å². The maximum Gasteiger partial charge on any atom is 0.317 e. The predicted octanol–water partition coefficient (Wildman–Crippen LogP) is -3.81. The average Bonchev–Trinajstić information content (AvgIpc) is 2.74. The lowest BCUT2D eigenvalue weighted by Gasteiger charge is -2.33. The van der Waals surface area contributed by atoms with E-state index in [1.807, 2.05) is 4.90 Å². The Bertz CT molecular complexity index is 594. The second-order valence-corrected chi connectivity index (χ2v) is 8.34. The molecule has 2 unspecified atom stereocenters. The highest BCUT2D eigenvalue weighted by Crippen LogP contribution is 2.03. The Morgan fingerprint density at radius 1 is 0.618 bits per heavy atom. The van der Waals surface area contributed by atoms with E-state index in [0.717, 1.165) is 0 Å². The van der Waals surface area contributed by atoms with Crippen molar-refractivity contribution in [3.05, 3.63) is 0 Å². The molecule has 0 radical (unpaired) electrons. The Morgan fingerprint density at radius 2 is 0.941 bits per heavy atom. The summed E-state index contributed by atoms with van der Waals surface area (Å²) in [4.78, 5) is 40.7. The molecule has 1 fully saturated rings. The number of hydrogen-bond acceptors (Lipinski definition) is 11. The van der Waals surface area contributed by atoms with E-state index in [-0.39, 0.29) is 39.4 Å². The summed E-state index contributed by atoms with van der Waals surface area (Å²) in [6.07, 6.45) is -1.95. The lowest BCUT2D eigenvalue weighted by molar-refractivity contribution is -0.140. The summed E-state index contributed by atoms with van der Waals surface area (Å²) in [6, 6.07) is 0. The van der Waals surface area contributed by atoms with Gasteiger partial charge in [-0.2, -0.15) is 0 Å². The van der Waals surface area contributed by atoms with E-state index in [9.17, 15) is 39.9 Å². The number of hydrogen-bond donors (Lipinski definition) is 6. The Morgan fingerprint density at radius 3 is 1.26 bits per heavy atom. The number of aliphatic carboxylic acids is 3. The molecule has 34 heavy (non-hydrogen) atoms. The van der Waals surface area contributed by atoms with Crippen LogP contribution in [0.25, 0.3) is 0 Å². The number of carboxylic acid groups (broad SMARTS) is 3. The summed E-state index contributed by atoms with van der Waals surface area (Å²) in [5, 5.41) is 56.1. The summed E-state index contributed by atoms with van der Waals surface area (Å²) in [6.45, 7) is 1.60. The van der Waals surface area contributed by atoms with Gasteiger partial charge in [0.25, 0.3) is 0 Å². The van der Waals surface area contributed by atoms with Gasteiger partial charge in [-0.15, -0.1) is 0 Å². The minimum atomic E-state index is -1.04. The molecule has 14 heteroatoms. The molecule has 1 heterocycles. The number of ether oxygens (including phenoxy) is 1. The van der Waals surface area contributed by atoms with Gasteiger partial charge in [-0.25, -0.2) is 0 Å². The van der Waals surface area contributed by atoms with Gasteiger partial charge in [-0.3, -0.25) is 34.0 Å². The fraction of sp³-hybridized carbons (Fsp3) is 0.850. The van der Waals surface area contributed by atoms with Crippen molar-refractivity contribution in [2.24, 2.45) is 0 Å². The topological polar surface area (TPSA) is 195 Å². The molecular formula is C20H38N4O10. The third-order valence-corrected chi connectivity index (χ3v) is 5.31. The summed E-state index contributed by atoms with van der Waals surface area (Å²) in [7, 11) is 0.